The van der Waals surface area contributed by atoms with Gasteiger partial charge in [0.15, 0.2) is 0 Å². The van der Waals surface area contributed by atoms with Crippen LogP contribution in [-0.2, 0) is 26.1 Å². The molecule has 4 aromatic carbocycles. The van der Waals surface area contributed by atoms with Gasteiger partial charge in [-0.05, 0) is 101 Å². The lowest BCUT2D eigenvalue weighted by atomic mass is 9.96. The molecule has 2 atom stereocenters. The molecular weight excluding hydrogens is 856 g/mol. The van der Waals surface area contributed by atoms with Gasteiger partial charge in [0.2, 0.25) is 0 Å². The highest BCUT2D eigenvalue weighted by Crippen LogP contribution is 2.42. The SMILES string of the molecule is CC1=NNC2[C@H](CC(=O)OC(C)(C)C)N=C(c3ccc(-c4ccc(C(=O)NCc5ccc(S(=O)(=O)Nc6ccc(C)c7c(C#N)c[nH]c67)cc5)cc4Cl)cc3)c3c(sc(C)c3C)N12. The number of aryl methyl sites for hydroxylation is 2. The fourth-order valence-electron chi connectivity index (χ4n) is 7.86. The van der Waals surface area contributed by atoms with Crippen LogP contribution in [0.15, 0.2) is 100 Å². The third-order valence-electron chi connectivity index (χ3n) is 11.1. The lowest BCUT2D eigenvalue weighted by Crippen LogP contribution is -2.47. The van der Waals surface area contributed by atoms with Crippen molar-refractivity contribution in [2.24, 2.45) is 10.1 Å². The molecule has 16 heteroatoms. The molecule has 0 radical (unpaired) electrons. The van der Waals surface area contributed by atoms with E-state index in [-0.39, 0.29) is 35.9 Å². The highest BCUT2D eigenvalue weighted by molar-refractivity contribution is 7.92. The first kappa shape index (κ1) is 43.2. The predicted molar refractivity (Wildman–Crippen MR) is 249 cm³/mol. The number of anilines is 2. The van der Waals surface area contributed by atoms with Crippen LogP contribution in [0.2, 0.25) is 5.02 Å². The summed E-state index contributed by atoms with van der Waals surface area (Å²) in [6, 6.07) is 24.4. The number of sulfonamides is 1. The van der Waals surface area contributed by atoms with Crippen molar-refractivity contribution in [2.45, 2.75) is 84.1 Å². The number of nitrogens with one attached hydrogen (secondary N) is 4. The average Bonchev–Trinajstić information content (AvgIpc) is 3.91. The number of nitriles is 1. The smallest absolute Gasteiger partial charge is 0.308 e. The molecular formula is C47H45ClN8O5S2. The standard InChI is InChI=1S/C47H45ClN8O5S2/c1-25-8-19-37(43-40(25)33(22-49)24-50-43)55-63(59,60)34-16-9-29(10-17-34)23-51-45(58)32-15-18-35(36(48)20-32)30-11-13-31(14-12-30)42-41-26(2)27(3)62-46(41)56-28(4)53-54-44(56)38(52-42)21-39(57)61-47(5,6)7/h8-20,24,38,44,50,54-55H,21,23H2,1-7H3,(H,51,58)/t38-,44?/m0/s1. The lowest BCUT2D eigenvalue weighted by Gasteiger charge is -2.28. The summed E-state index contributed by atoms with van der Waals surface area (Å²) in [6.07, 6.45) is 1.25. The van der Waals surface area contributed by atoms with E-state index in [0.29, 0.717) is 38.3 Å². The number of hydrogen-bond donors (Lipinski definition) is 4. The molecule has 4 N–H and O–H groups in total. The number of fused-ring (bicyclic) bond motifs is 4. The fourth-order valence-corrected chi connectivity index (χ4v) is 10.5. The van der Waals surface area contributed by atoms with Gasteiger partial charge in [0, 0.05) is 50.3 Å². The molecule has 2 aliphatic rings. The van der Waals surface area contributed by atoms with E-state index in [2.05, 4.69) is 50.4 Å². The molecule has 63 heavy (non-hydrogen) atoms. The zero-order valence-corrected chi connectivity index (χ0v) is 38.1. The van der Waals surface area contributed by atoms with E-state index in [1.807, 2.05) is 65.0 Å². The third-order valence-corrected chi connectivity index (χ3v) is 14.0. The van der Waals surface area contributed by atoms with E-state index in [4.69, 9.17) is 21.3 Å². The van der Waals surface area contributed by atoms with Gasteiger partial charge < -0.3 is 15.0 Å². The van der Waals surface area contributed by atoms with Crippen LogP contribution < -0.4 is 20.4 Å². The number of aliphatic imine (C=N–C) groups is 1. The summed E-state index contributed by atoms with van der Waals surface area (Å²) in [7, 11) is -3.96. The number of amides is 1. The summed E-state index contributed by atoms with van der Waals surface area (Å²) in [5.41, 5.74) is 11.1. The Morgan fingerprint density at radius 3 is 2.38 bits per heavy atom. The first-order valence-corrected chi connectivity index (χ1v) is 22.9. The summed E-state index contributed by atoms with van der Waals surface area (Å²) < 4.78 is 35.0. The van der Waals surface area contributed by atoms with Crippen molar-refractivity contribution in [3.63, 3.8) is 0 Å². The second kappa shape index (κ2) is 16.7. The van der Waals surface area contributed by atoms with Crippen molar-refractivity contribution in [3.8, 4) is 17.2 Å². The number of thiophene rings is 1. The largest absolute Gasteiger partial charge is 0.460 e. The van der Waals surface area contributed by atoms with Crippen molar-refractivity contribution in [2.75, 3.05) is 9.62 Å². The van der Waals surface area contributed by atoms with Gasteiger partial charge in [-0.3, -0.25) is 29.6 Å². The molecule has 1 unspecified atom stereocenters. The number of nitrogens with zero attached hydrogens (tertiary/aromatic N) is 4. The number of aromatic nitrogens is 1. The molecule has 1 amide bonds. The second-order valence-corrected chi connectivity index (χ2v) is 19.9. The number of amidine groups is 1. The number of carbonyl (C=O) groups excluding carboxylic acids is 2. The molecule has 2 aromatic heterocycles. The first-order chi connectivity index (χ1) is 29.9. The molecule has 6 aromatic rings. The highest BCUT2D eigenvalue weighted by Gasteiger charge is 2.41. The number of hydrogen-bond acceptors (Lipinski definition) is 11. The number of hydrazone groups is 1. The Kier molecular flexibility index (Phi) is 11.4. The van der Waals surface area contributed by atoms with Crippen LogP contribution in [0.1, 0.15) is 82.7 Å². The Morgan fingerprint density at radius 2 is 1.70 bits per heavy atom. The van der Waals surface area contributed by atoms with E-state index >= 15 is 0 Å². The maximum atomic E-state index is 13.3. The van der Waals surface area contributed by atoms with Crippen LogP contribution in [0, 0.1) is 32.1 Å². The Labute approximate surface area is 374 Å². The maximum Gasteiger partial charge on any atom is 0.308 e. The van der Waals surface area contributed by atoms with Crippen LogP contribution in [0.25, 0.3) is 22.0 Å². The number of halogens is 1. The van der Waals surface area contributed by atoms with Crippen molar-refractivity contribution >= 4 is 78.0 Å². The Balaban J connectivity index is 0.965. The van der Waals surface area contributed by atoms with Crippen molar-refractivity contribution in [1.29, 1.82) is 5.26 Å². The fraction of sp³-hybridized carbons (Fsp3) is 0.255. The van der Waals surface area contributed by atoms with Gasteiger partial charge in [-0.1, -0.05) is 60.1 Å². The van der Waals surface area contributed by atoms with Crippen LogP contribution in [0.5, 0.6) is 0 Å². The normalized spacial score (nSPS) is 16.0. The molecule has 0 bridgehead atoms. The zero-order valence-electron chi connectivity index (χ0n) is 35.7. The second-order valence-electron chi connectivity index (χ2n) is 16.6. The zero-order chi connectivity index (χ0) is 45.0. The highest BCUT2D eigenvalue weighted by atomic mass is 35.5. The molecule has 4 heterocycles. The number of rotatable bonds is 10. The molecule has 0 aliphatic carbocycles. The first-order valence-electron chi connectivity index (χ1n) is 20.2. The van der Waals surface area contributed by atoms with Gasteiger partial charge >= 0.3 is 5.97 Å². The number of ether oxygens (including phenoxy) is 1. The Bertz CT molecular complexity index is 3030. The van der Waals surface area contributed by atoms with Gasteiger partial charge in [-0.25, -0.2) is 8.42 Å². The van der Waals surface area contributed by atoms with Gasteiger partial charge in [0.05, 0.1) is 33.8 Å². The molecule has 322 valence electrons. The van der Waals surface area contributed by atoms with Crippen LogP contribution in [0.3, 0.4) is 0 Å². The Morgan fingerprint density at radius 1 is 0.984 bits per heavy atom. The minimum atomic E-state index is -3.96. The minimum absolute atomic E-state index is 0.0440. The number of aromatic amines is 1. The van der Waals surface area contributed by atoms with Crippen LogP contribution in [0.4, 0.5) is 10.7 Å². The van der Waals surface area contributed by atoms with E-state index < -0.39 is 21.7 Å². The van der Waals surface area contributed by atoms with Crippen molar-refractivity contribution in [3.05, 3.63) is 134 Å². The number of H-pyrrole nitrogens is 1. The summed E-state index contributed by atoms with van der Waals surface area (Å²) in [5.74, 6) is 0.109. The molecule has 8 rings (SSSR count). The van der Waals surface area contributed by atoms with E-state index in [1.165, 1.54) is 12.1 Å². The molecule has 13 nitrogen and oxygen atoms in total. The van der Waals surface area contributed by atoms with Crippen molar-refractivity contribution < 1.29 is 22.7 Å². The molecule has 0 fully saturated rings. The monoisotopic (exact) mass is 900 g/mol. The van der Waals surface area contributed by atoms with E-state index in [1.54, 1.807) is 53.9 Å². The van der Waals surface area contributed by atoms with Gasteiger partial charge in [0.25, 0.3) is 15.9 Å². The van der Waals surface area contributed by atoms with Gasteiger partial charge in [0.1, 0.15) is 34.7 Å². The van der Waals surface area contributed by atoms with Crippen molar-refractivity contribution in [1.82, 2.24) is 15.7 Å². The number of benzene rings is 4. The predicted octanol–water partition coefficient (Wildman–Crippen LogP) is 9.10. The maximum absolute atomic E-state index is 13.3. The number of carbonyl (C=O) groups is 2. The lowest BCUT2D eigenvalue weighted by molar-refractivity contribution is -0.155. The number of esters is 1. The molecule has 0 saturated heterocycles. The summed E-state index contributed by atoms with van der Waals surface area (Å²) in [5, 5.41) is 19.0. The molecule has 0 saturated carbocycles. The summed E-state index contributed by atoms with van der Waals surface area (Å²) in [4.78, 5) is 38.1. The minimum Gasteiger partial charge on any atom is -0.460 e. The molecule has 0 spiro atoms. The van der Waals surface area contributed by atoms with Gasteiger partial charge in [-0.2, -0.15) is 10.4 Å². The summed E-state index contributed by atoms with van der Waals surface area (Å²) in [6.45, 7) is 13.7. The molecule has 2 aliphatic heterocycles. The van der Waals surface area contributed by atoms with E-state index in [9.17, 15) is 23.3 Å². The average molecular weight is 902 g/mol. The van der Waals surface area contributed by atoms with Crippen LogP contribution in [-0.4, -0.2) is 54.6 Å². The van der Waals surface area contributed by atoms with Gasteiger partial charge in [-0.15, -0.1) is 11.3 Å². The topological polar surface area (TPSA) is 181 Å². The van der Waals surface area contributed by atoms with E-state index in [0.717, 1.165) is 54.8 Å². The summed E-state index contributed by atoms with van der Waals surface area (Å²) >= 11 is 8.50. The third kappa shape index (κ3) is 8.54. The van der Waals surface area contributed by atoms with Crippen LogP contribution >= 0.6 is 22.9 Å². The quantitative estimate of drug-likeness (QED) is 0.0983. The Hall–Kier alpha value is -6.47.